The zero-order valence-electron chi connectivity index (χ0n) is 16.2. The molecule has 0 spiro atoms. The first-order chi connectivity index (χ1) is 12.9. The van der Waals surface area contributed by atoms with Crippen molar-refractivity contribution in [1.82, 2.24) is 5.32 Å². The number of hydrogen-bond acceptors (Lipinski definition) is 3. The molecular formula is C22H26N2O3. The lowest BCUT2D eigenvalue weighted by molar-refractivity contribution is -0.126. The van der Waals surface area contributed by atoms with E-state index in [1.54, 1.807) is 7.11 Å². The van der Waals surface area contributed by atoms with Crippen molar-refractivity contribution >= 4 is 17.5 Å². The summed E-state index contributed by atoms with van der Waals surface area (Å²) in [4.78, 5) is 24.9. The van der Waals surface area contributed by atoms with E-state index in [0.29, 0.717) is 12.3 Å². The number of benzene rings is 2. The first-order valence-corrected chi connectivity index (χ1v) is 9.27. The highest BCUT2D eigenvalue weighted by atomic mass is 16.5. The van der Waals surface area contributed by atoms with Gasteiger partial charge < -0.3 is 15.4 Å². The van der Waals surface area contributed by atoms with E-state index in [2.05, 4.69) is 24.5 Å². The summed E-state index contributed by atoms with van der Waals surface area (Å²) in [5, 5.41) is 5.75. The summed E-state index contributed by atoms with van der Waals surface area (Å²) in [5.41, 5.74) is 3.79. The van der Waals surface area contributed by atoms with Gasteiger partial charge in [-0.3, -0.25) is 9.59 Å². The van der Waals surface area contributed by atoms with Gasteiger partial charge in [0, 0.05) is 17.7 Å². The van der Waals surface area contributed by atoms with Gasteiger partial charge in [-0.25, -0.2) is 0 Å². The third kappa shape index (κ3) is 4.13. The molecule has 2 atom stereocenters. The van der Waals surface area contributed by atoms with E-state index in [0.717, 1.165) is 28.1 Å². The predicted molar refractivity (Wildman–Crippen MR) is 106 cm³/mol. The Morgan fingerprint density at radius 1 is 1.15 bits per heavy atom. The van der Waals surface area contributed by atoms with Crippen LogP contribution < -0.4 is 15.4 Å². The van der Waals surface area contributed by atoms with Crippen LogP contribution in [0.15, 0.2) is 42.5 Å². The Hall–Kier alpha value is -2.82. The molecule has 0 unspecified atom stereocenters. The zero-order chi connectivity index (χ0) is 19.6. The molecular weight excluding hydrogens is 340 g/mol. The molecule has 2 aromatic carbocycles. The van der Waals surface area contributed by atoms with Crippen molar-refractivity contribution < 1.29 is 14.3 Å². The van der Waals surface area contributed by atoms with Crippen molar-refractivity contribution in [2.75, 3.05) is 12.4 Å². The molecule has 1 aliphatic heterocycles. The van der Waals surface area contributed by atoms with E-state index in [4.69, 9.17) is 4.74 Å². The minimum atomic E-state index is -0.635. The molecule has 1 heterocycles. The van der Waals surface area contributed by atoms with Gasteiger partial charge in [0.25, 0.3) is 5.91 Å². The minimum Gasteiger partial charge on any atom is -0.497 e. The number of methoxy groups -OCH3 is 1. The fraction of sp³-hybridized carbons (Fsp3) is 0.364. The third-order valence-electron chi connectivity index (χ3n) is 5.03. The number of carbonyl (C=O) groups is 2. The lowest BCUT2D eigenvalue weighted by Gasteiger charge is -2.16. The highest BCUT2D eigenvalue weighted by molar-refractivity contribution is 6.04. The Bertz CT molecular complexity index is 860. The van der Waals surface area contributed by atoms with Crippen molar-refractivity contribution in [2.45, 2.75) is 45.1 Å². The summed E-state index contributed by atoms with van der Waals surface area (Å²) in [6.45, 7) is 6.21. The summed E-state index contributed by atoms with van der Waals surface area (Å²) in [7, 11) is 1.62. The number of nitrogens with one attached hydrogen (secondary N) is 2. The number of hydrogen-bond donors (Lipinski definition) is 2. The molecule has 0 fully saturated rings. The van der Waals surface area contributed by atoms with Gasteiger partial charge in [0.05, 0.1) is 7.11 Å². The van der Waals surface area contributed by atoms with Crippen LogP contribution in [0.1, 0.15) is 61.8 Å². The standard InChI is InChI=1S/C22H26N2O3/c1-13(2)15-8-9-19-18(12-15)21(22(26)23-19)24-20(25)10-14(3)16-6-5-7-17(11-16)27-4/h5-9,11-14,21H,10H2,1-4H3,(H,23,26)(H,24,25)/t14-,21-/m0/s1. The molecule has 0 saturated carbocycles. The molecule has 0 radical (unpaired) electrons. The number of anilines is 1. The molecule has 1 aliphatic rings. The molecule has 2 aromatic rings. The van der Waals surface area contributed by atoms with Crippen LogP contribution in [0.3, 0.4) is 0 Å². The smallest absolute Gasteiger partial charge is 0.251 e. The number of carbonyl (C=O) groups excluding carboxylic acids is 2. The molecule has 142 valence electrons. The number of rotatable bonds is 6. The van der Waals surface area contributed by atoms with Crippen molar-refractivity contribution in [3.63, 3.8) is 0 Å². The molecule has 0 aliphatic carbocycles. The summed E-state index contributed by atoms with van der Waals surface area (Å²) >= 11 is 0. The van der Waals surface area contributed by atoms with E-state index in [9.17, 15) is 9.59 Å². The van der Waals surface area contributed by atoms with Gasteiger partial charge in [0.1, 0.15) is 11.8 Å². The third-order valence-corrected chi connectivity index (χ3v) is 5.03. The fourth-order valence-electron chi connectivity index (χ4n) is 3.35. The largest absolute Gasteiger partial charge is 0.497 e. The molecule has 0 saturated heterocycles. The SMILES string of the molecule is COc1cccc([C@@H](C)CC(=O)N[C@@H]2C(=O)Nc3ccc(C(C)C)cc32)c1. The Labute approximate surface area is 160 Å². The Morgan fingerprint density at radius 2 is 1.93 bits per heavy atom. The molecule has 2 N–H and O–H groups in total. The molecule has 3 rings (SSSR count). The van der Waals surface area contributed by atoms with Gasteiger partial charge in [-0.2, -0.15) is 0 Å². The quantitative estimate of drug-likeness (QED) is 0.808. The van der Waals surface area contributed by atoms with Crippen LogP contribution in [0.2, 0.25) is 0 Å². The zero-order valence-corrected chi connectivity index (χ0v) is 16.2. The Kier molecular flexibility index (Phi) is 5.49. The summed E-state index contributed by atoms with van der Waals surface area (Å²) in [6.07, 6.45) is 0.302. The van der Waals surface area contributed by atoms with Crippen LogP contribution in [-0.2, 0) is 9.59 Å². The Morgan fingerprint density at radius 3 is 2.63 bits per heavy atom. The van der Waals surface area contributed by atoms with E-state index in [-0.39, 0.29) is 17.7 Å². The first-order valence-electron chi connectivity index (χ1n) is 9.27. The van der Waals surface area contributed by atoms with Crippen LogP contribution in [-0.4, -0.2) is 18.9 Å². The van der Waals surface area contributed by atoms with Crippen molar-refractivity contribution in [2.24, 2.45) is 0 Å². The number of fused-ring (bicyclic) bond motifs is 1. The molecule has 27 heavy (non-hydrogen) atoms. The molecule has 0 aromatic heterocycles. The highest BCUT2D eigenvalue weighted by Crippen LogP contribution is 2.33. The maximum Gasteiger partial charge on any atom is 0.251 e. The van der Waals surface area contributed by atoms with Gasteiger partial charge in [-0.05, 0) is 41.2 Å². The van der Waals surface area contributed by atoms with Crippen LogP contribution in [0, 0.1) is 0 Å². The van der Waals surface area contributed by atoms with Crippen LogP contribution in [0.25, 0.3) is 0 Å². The molecule has 5 nitrogen and oxygen atoms in total. The molecule has 5 heteroatoms. The second kappa shape index (κ2) is 7.82. The van der Waals surface area contributed by atoms with Gasteiger partial charge in [0.2, 0.25) is 5.91 Å². The lowest BCUT2D eigenvalue weighted by Crippen LogP contribution is -2.33. The summed E-state index contributed by atoms with van der Waals surface area (Å²) in [5.74, 6) is 0.813. The summed E-state index contributed by atoms with van der Waals surface area (Å²) in [6, 6.07) is 13.0. The van der Waals surface area contributed by atoms with Crippen molar-refractivity contribution in [1.29, 1.82) is 0 Å². The fourth-order valence-corrected chi connectivity index (χ4v) is 3.35. The number of ether oxygens (including phenoxy) is 1. The summed E-state index contributed by atoms with van der Waals surface area (Å²) < 4.78 is 5.25. The van der Waals surface area contributed by atoms with E-state index in [1.807, 2.05) is 49.4 Å². The van der Waals surface area contributed by atoms with Crippen LogP contribution in [0.4, 0.5) is 5.69 Å². The predicted octanol–water partition coefficient (Wildman–Crippen LogP) is 4.12. The minimum absolute atomic E-state index is 0.0195. The van der Waals surface area contributed by atoms with Crippen molar-refractivity contribution in [3.05, 3.63) is 59.2 Å². The maximum absolute atomic E-state index is 12.6. The average Bonchev–Trinajstić information content (AvgIpc) is 2.96. The topological polar surface area (TPSA) is 67.4 Å². The normalized spacial score (nSPS) is 16.6. The molecule has 0 bridgehead atoms. The van der Waals surface area contributed by atoms with Gasteiger partial charge in [0.15, 0.2) is 0 Å². The van der Waals surface area contributed by atoms with E-state index in [1.165, 1.54) is 0 Å². The first kappa shape index (κ1) is 19.0. The van der Waals surface area contributed by atoms with Gasteiger partial charge >= 0.3 is 0 Å². The van der Waals surface area contributed by atoms with E-state index < -0.39 is 6.04 Å². The second-order valence-electron chi connectivity index (χ2n) is 7.37. The number of amides is 2. The van der Waals surface area contributed by atoms with Crippen molar-refractivity contribution in [3.8, 4) is 5.75 Å². The van der Waals surface area contributed by atoms with Gasteiger partial charge in [-0.15, -0.1) is 0 Å². The van der Waals surface area contributed by atoms with Gasteiger partial charge in [-0.1, -0.05) is 45.0 Å². The maximum atomic E-state index is 12.6. The lowest BCUT2D eigenvalue weighted by atomic mass is 9.96. The highest BCUT2D eigenvalue weighted by Gasteiger charge is 2.32. The second-order valence-corrected chi connectivity index (χ2v) is 7.37. The van der Waals surface area contributed by atoms with E-state index >= 15 is 0 Å². The average molecular weight is 366 g/mol. The monoisotopic (exact) mass is 366 g/mol. The Balaban J connectivity index is 1.71. The molecule has 2 amide bonds. The van der Waals surface area contributed by atoms with Crippen LogP contribution >= 0.6 is 0 Å². The van der Waals surface area contributed by atoms with Crippen LogP contribution in [0.5, 0.6) is 5.75 Å².